The van der Waals surface area contributed by atoms with Gasteiger partial charge in [-0.2, -0.15) is 0 Å². The van der Waals surface area contributed by atoms with Gasteiger partial charge in [0.2, 0.25) is 0 Å². The zero-order chi connectivity index (χ0) is 18.7. The van der Waals surface area contributed by atoms with Crippen LogP contribution in [-0.2, 0) is 26.6 Å². The molecule has 0 unspecified atom stereocenters. The van der Waals surface area contributed by atoms with Gasteiger partial charge in [0.05, 0.1) is 0 Å². The number of rotatable bonds is 7. The molecule has 0 aromatic carbocycles. The van der Waals surface area contributed by atoms with Crippen molar-refractivity contribution in [1.82, 2.24) is 4.90 Å². The number of nitrogens with zero attached hydrogens (tertiary/aromatic N) is 1. The van der Waals surface area contributed by atoms with Gasteiger partial charge in [-0.1, -0.05) is 0 Å². The van der Waals surface area contributed by atoms with Gasteiger partial charge in [-0.05, 0) is 32.1 Å². The van der Waals surface area contributed by atoms with Gasteiger partial charge in [0, 0.05) is 17.1 Å². The van der Waals surface area contributed by atoms with Crippen molar-refractivity contribution in [2.75, 3.05) is 20.7 Å². The molecule has 2 fully saturated rings. The fraction of sp³-hybridized carbons (Fsp3) is 0.381. The normalized spacial score (nSPS) is 19.7. The Kier molecular flexibility index (Phi) is 15.3. The van der Waals surface area contributed by atoms with E-state index in [1.807, 2.05) is 39.0 Å². The summed E-state index contributed by atoms with van der Waals surface area (Å²) in [6, 6.07) is 0.391. The van der Waals surface area contributed by atoms with Gasteiger partial charge in [0.15, 0.2) is 0 Å². The molecule has 0 amide bonds. The van der Waals surface area contributed by atoms with Crippen molar-refractivity contribution >= 4 is 20.9 Å². The maximum Gasteiger partial charge on any atom is 0 e. The van der Waals surface area contributed by atoms with Crippen molar-refractivity contribution in [2.24, 2.45) is 0 Å². The largest absolute Gasteiger partial charge is 0.0312 e. The predicted molar refractivity (Wildman–Crippen MR) is 105 cm³/mol. The molecule has 10 radical (unpaired) electrons. The first-order valence-electron chi connectivity index (χ1n) is 8.63. The van der Waals surface area contributed by atoms with E-state index in [0.29, 0.717) is 12.6 Å². The van der Waals surface area contributed by atoms with E-state index in [4.69, 9.17) is 4.74 Å². The van der Waals surface area contributed by atoms with E-state index in [9.17, 15) is 4.79 Å². The summed E-state index contributed by atoms with van der Waals surface area (Å²) in [6.07, 6.45) is 19.0. The molecule has 0 spiro atoms. The minimum absolute atomic E-state index is 0. The maximum absolute atomic E-state index is 11.6. The molecule has 2 aliphatic carbocycles. The molecule has 0 aliphatic heterocycles. The van der Waals surface area contributed by atoms with Crippen LogP contribution in [0.3, 0.4) is 0 Å². The first kappa shape index (κ1) is 26.2. The first-order valence-corrected chi connectivity index (χ1v) is 10.3. The molecule has 0 heterocycles. The molecule has 0 bridgehead atoms. The monoisotopic (exact) mass is 463 g/mol. The van der Waals surface area contributed by atoms with Crippen LogP contribution in [0, 0.1) is 62.1 Å². The zero-order valence-electron chi connectivity index (χ0n) is 16.2. The van der Waals surface area contributed by atoms with Gasteiger partial charge in [0.25, 0.3) is 0 Å². The van der Waals surface area contributed by atoms with Gasteiger partial charge in [-0.3, -0.25) is 0 Å². The number of carbonyl (C=O) groups excluding carboxylic acids is 1. The molecule has 0 N–H and O–H groups in total. The molecule has 2 rings (SSSR count). The summed E-state index contributed by atoms with van der Waals surface area (Å²) in [4.78, 5) is 15.1. The third-order valence-electron chi connectivity index (χ3n) is 3.74. The van der Waals surface area contributed by atoms with E-state index in [2.05, 4.69) is 52.1 Å². The van der Waals surface area contributed by atoms with Crippen LogP contribution in [-0.4, -0.2) is 52.6 Å². The van der Waals surface area contributed by atoms with Crippen LogP contribution in [0.5, 0.6) is 0 Å². The molecule has 0 aromatic rings. The van der Waals surface area contributed by atoms with Crippen molar-refractivity contribution in [3.05, 3.63) is 72.6 Å². The fourth-order valence-corrected chi connectivity index (χ4v) is 4.39. The quantitative estimate of drug-likeness (QED) is 0.331. The summed E-state index contributed by atoms with van der Waals surface area (Å²) >= 11 is 0.185. The first-order chi connectivity index (χ1) is 12.0. The Labute approximate surface area is 178 Å². The van der Waals surface area contributed by atoms with Crippen molar-refractivity contribution in [3.63, 3.8) is 0 Å². The number of carbonyl (C=O) groups is 1. The SMILES string of the molecule is CCOC(=O)/C=C(/CC)[Se][C]1[CH][CH][CH][C]1[C@H](C)N(C)C.[CH]1[CH][CH][CH][CH]1.[Fe]. The van der Waals surface area contributed by atoms with Crippen molar-refractivity contribution in [1.29, 1.82) is 0 Å². The summed E-state index contributed by atoms with van der Waals surface area (Å²) in [5.41, 5.74) is 0. The van der Waals surface area contributed by atoms with E-state index < -0.39 is 0 Å². The summed E-state index contributed by atoms with van der Waals surface area (Å²) in [5.74, 6) is 1.14. The van der Waals surface area contributed by atoms with Gasteiger partial charge >= 0.3 is 130 Å². The molecular formula is C21H29FeNO2Se. The maximum atomic E-state index is 11.6. The Bertz CT molecular complexity index is 403. The Morgan fingerprint density at radius 1 is 1.12 bits per heavy atom. The van der Waals surface area contributed by atoms with Crippen molar-refractivity contribution in [2.45, 2.75) is 33.2 Å². The Hall–Kier alpha value is 0.209. The second-order valence-electron chi connectivity index (χ2n) is 5.77. The minimum atomic E-state index is -0.222. The van der Waals surface area contributed by atoms with E-state index in [1.54, 1.807) is 6.08 Å². The van der Waals surface area contributed by atoms with Crippen molar-refractivity contribution < 1.29 is 26.6 Å². The number of allylic oxidation sites excluding steroid dienone is 1. The predicted octanol–water partition coefficient (Wildman–Crippen LogP) is 3.25. The van der Waals surface area contributed by atoms with E-state index in [1.165, 1.54) is 15.2 Å². The topological polar surface area (TPSA) is 29.5 Å². The number of esters is 1. The van der Waals surface area contributed by atoms with Crippen LogP contribution < -0.4 is 0 Å². The minimum Gasteiger partial charge on any atom is -0.0312 e. The molecule has 2 saturated carbocycles. The Balaban J connectivity index is 0.000000893. The van der Waals surface area contributed by atoms with Gasteiger partial charge in [-0.25, -0.2) is 0 Å². The Morgan fingerprint density at radius 3 is 2.15 bits per heavy atom. The summed E-state index contributed by atoms with van der Waals surface area (Å²) in [6.45, 7) is 6.55. The zero-order valence-corrected chi connectivity index (χ0v) is 19.0. The standard InChI is InChI=1S/C16H24NO2Se.C5H5.Fe/c1-6-13(11-16(18)19-7-2)20-15-10-8-9-14(15)12(3)17(4)5;1-2-4-5-3-1;/h8-12H,6-7H2,1-5H3;1-5H;/b13-11-;;/t12-;;/m0../s1. The molecular weight excluding hydrogens is 433 g/mol. The second-order valence-corrected chi connectivity index (χ2v) is 8.22. The van der Waals surface area contributed by atoms with Crippen LogP contribution in [0.15, 0.2) is 10.5 Å². The molecule has 1 atom stereocenters. The number of hydrogen-bond donors (Lipinski definition) is 0. The molecule has 144 valence electrons. The molecule has 5 heteroatoms. The third-order valence-corrected chi connectivity index (χ3v) is 6.39. The van der Waals surface area contributed by atoms with E-state index in [-0.39, 0.29) is 38.0 Å². The van der Waals surface area contributed by atoms with Crippen LogP contribution in [0.2, 0.25) is 0 Å². The molecule has 2 aliphatic rings. The van der Waals surface area contributed by atoms with Crippen molar-refractivity contribution in [3.8, 4) is 0 Å². The third kappa shape index (κ3) is 9.95. The average molecular weight is 462 g/mol. The fourth-order valence-electron chi connectivity index (χ4n) is 2.11. The van der Waals surface area contributed by atoms with Crippen LogP contribution in [0.1, 0.15) is 27.2 Å². The second kappa shape index (κ2) is 15.2. The van der Waals surface area contributed by atoms with Gasteiger partial charge in [-0.15, -0.1) is 0 Å². The summed E-state index contributed by atoms with van der Waals surface area (Å²) < 4.78 is 6.17. The average Bonchev–Trinajstić information content (AvgIpc) is 3.28. The summed E-state index contributed by atoms with van der Waals surface area (Å²) in [5, 5.41) is 0. The summed E-state index contributed by atoms with van der Waals surface area (Å²) in [7, 11) is 4.17. The Morgan fingerprint density at radius 2 is 1.69 bits per heavy atom. The molecule has 26 heavy (non-hydrogen) atoms. The smallest absolute Gasteiger partial charge is 0 e. The van der Waals surface area contributed by atoms with E-state index in [0.717, 1.165) is 6.42 Å². The molecule has 3 nitrogen and oxygen atoms in total. The van der Waals surface area contributed by atoms with Crippen LogP contribution in [0.25, 0.3) is 0 Å². The van der Waals surface area contributed by atoms with Gasteiger partial charge < -0.3 is 0 Å². The number of ether oxygens (including phenoxy) is 1. The van der Waals surface area contributed by atoms with Gasteiger partial charge in [0.1, 0.15) is 0 Å². The number of hydrogen-bond acceptors (Lipinski definition) is 3. The molecule has 0 saturated heterocycles. The van der Waals surface area contributed by atoms with Crippen LogP contribution in [0.4, 0.5) is 0 Å². The molecule has 0 aromatic heterocycles. The van der Waals surface area contributed by atoms with E-state index >= 15 is 0 Å². The van der Waals surface area contributed by atoms with Crippen LogP contribution >= 0.6 is 0 Å².